The highest BCUT2D eigenvalue weighted by molar-refractivity contribution is 6.25. The Bertz CT molecular complexity index is 529. The summed E-state index contributed by atoms with van der Waals surface area (Å²) in [5.41, 5.74) is 7.34. The number of benzene rings is 1. The fourth-order valence-corrected chi connectivity index (χ4v) is 1.36. The Kier molecular flexibility index (Phi) is 4.72. The van der Waals surface area contributed by atoms with E-state index in [1.807, 2.05) is 0 Å². The third-order valence-electron chi connectivity index (χ3n) is 2.33. The van der Waals surface area contributed by atoms with Gasteiger partial charge in [0, 0.05) is 18.4 Å². The molecule has 4 nitrogen and oxygen atoms in total. The molecule has 0 amide bonds. The maximum atomic E-state index is 12.3. The molecular weight excluding hydrogens is 261 g/mol. The van der Waals surface area contributed by atoms with Gasteiger partial charge in [-0.2, -0.15) is 18.0 Å². The quantitative estimate of drug-likeness (QED) is 0.357. The molecule has 0 unspecified atom stereocenters. The van der Waals surface area contributed by atoms with Crippen LogP contribution in [-0.2, 0) is 11.0 Å². The molecular formula is C12H9F3N2O2. The van der Waals surface area contributed by atoms with Crippen LogP contribution < -0.4 is 0 Å². The number of alkyl halides is 3. The molecule has 0 N–H and O–H groups in total. The fourth-order valence-electron chi connectivity index (χ4n) is 1.36. The molecule has 0 aliphatic carbocycles. The van der Waals surface area contributed by atoms with Gasteiger partial charge in [0.1, 0.15) is 0 Å². The minimum Gasteiger partial charge on any atom is -0.361 e. The van der Waals surface area contributed by atoms with Crippen molar-refractivity contribution in [1.82, 2.24) is 0 Å². The van der Waals surface area contributed by atoms with E-state index in [-0.39, 0.29) is 18.4 Å². The third-order valence-corrected chi connectivity index (χ3v) is 2.33. The summed E-state index contributed by atoms with van der Waals surface area (Å²) in [6, 6.07) is 3.75. The van der Waals surface area contributed by atoms with Crippen LogP contribution in [0.1, 0.15) is 28.8 Å². The first-order chi connectivity index (χ1) is 8.84. The number of nitrogens with zero attached hydrogens (tertiary/aromatic N) is 2. The Morgan fingerprint density at radius 2 is 1.74 bits per heavy atom. The van der Waals surface area contributed by atoms with E-state index in [1.165, 1.54) is 0 Å². The fraction of sp³-hybridized carbons (Fsp3) is 0.250. The van der Waals surface area contributed by atoms with E-state index in [1.54, 1.807) is 0 Å². The normalized spacial score (nSPS) is 10.7. The number of halogens is 3. The van der Waals surface area contributed by atoms with Crippen molar-refractivity contribution in [2.75, 3.05) is 0 Å². The molecule has 1 aromatic carbocycles. The molecule has 100 valence electrons. The topological polar surface area (TPSA) is 70.5 Å². The Morgan fingerprint density at radius 1 is 1.16 bits per heavy atom. The maximum Gasteiger partial charge on any atom is 0.416 e. The van der Waals surface area contributed by atoms with Crippen molar-refractivity contribution in [3.05, 3.63) is 40.9 Å². The lowest BCUT2D eigenvalue weighted by atomic mass is 10.0. The van der Waals surface area contributed by atoms with E-state index in [4.69, 9.17) is 5.53 Å². The van der Waals surface area contributed by atoms with E-state index in [0.717, 1.165) is 24.3 Å². The molecule has 7 heteroatoms. The van der Waals surface area contributed by atoms with Crippen molar-refractivity contribution in [3.63, 3.8) is 0 Å². The Labute approximate surface area is 106 Å². The molecule has 0 aromatic heterocycles. The summed E-state index contributed by atoms with van der Waals surface area (Å²) in [5.74, 6) is -0.990. The van der Waals surface area contributed by atoms with Gasteiger partial charge in [-0.15, -0.1) is 0 Å². The molecule has 0 aliphatic heterocycles. The standard InChI is InChI=1S/C12H9F3N2O2/c13-12(14,15)9-3-1-8(2-4-9)11(19)6-5-10(18)7-17-16/h1-4,7H,5-6H2. The molecule has 0 saturated carbocycles. The van der Waals surface area contributed by atoms with E-state index in [9.17, 15) is 22.8 Å². The summed E-state index contributed by atoms with van der Waals surface area (Å²) in [4.78, 5) is 25.0. The number of Topliss-reactive ketones (excluding diaryl/α,β-unsaturated/α-hetero) is 2. The van der Waals surface area contributed by atoms with Gasteiger partial charge in [0.25, 0.3) is 0 Å². The second-order valence-electron chi connectivity index (χ2n) is 3.71. The molecule has 0 radical (unpaired) electrons. The van der Waals surface area contributed by atoms with Crippen LogP contribution in [0.5, 0.6) is 0 Å². The number of hydrogen-bond donors (Lipinski definition) is 0. The Balaban J connectivity index is 2.68. The number of ketones is 2. The average Bonchev–Trinajstić information content (AvgIpc) is 2.35. The molecule has 0 heterocycles. The van der Waals surface area contributed by atoms with Gasteiger partial charge in [0.15, 0.2) is 5.78 Å². The van der Waals surface area contributed by atoms with Gasteiger partial charge < -0.3 is 5.53 Å². The van der Waals surface area contributed by atoms with Crippen LogP contribution in [0.25, 0.3) is 5.53 Å². The van der Waals surface area contributed by atoms with Gasteiger partial charge in [-0.05, 0) is 12.1 Å². The average molecular weight is 270 g/mol. The van der Waals surface area contributed by atoms with Crippen LogP contribution in [0.2, 0.25) is 0 Å². The minimum atomic E-state index is -4.45. The minimum absolute atomic E-state index is 0.0988. The van der Waals surface area contributed by atoms with Gasteiger partial charge in [-0.3, -0.25) is 9.59 Å². The first-order valence-corrected chi connectivity index (χ1v) is 5.25. The van der Waals surface area contributed by atoms with Gasteiger partial charge >= 0.3 is 12.4 Å². The van der Waals surface area contributed by atoms with Crippen LogP contribution >= 0.6 is 0 Å². The molecule has 0 aliphatic rings. The summed E-state index contributed by atoms with van der Waals surface area (Å²) in [6.07, 6.45) is -4.10. The molecule has 0 spiro atoms. The summed E-state index contributed by atoms with van der Waals surface area (Å²) in [5, 5.41) is 0. The zero-order valence-corrected chi connectivity index (χ0v) is 9.65. The molecule has 1 rings (SSSR count). The van der Waals surface area contributed by atoms with Crippen molar-refractivity contribution in [1.29, 1.82) is 0 Å². The highest BCUT2D eigenvalue weighted by Crippen LogP contribution is 2.29. The Hall–Kier alpha value is -2.27. The van der Waals surface area contributed by atoms with Crippen LogP contribution in [0.15, 0.2) is 24.3 Å². The Morgan fingerprint density at radius 3 is 2.21 bits per heavy atom. The first kappa shape index (κ1) is 14.8. The predicted molar refractivity (Wildman–Crippen MR) is 59.7 cm³/mol. The highest BCUT2D eigenvalue weighted by Gasteiger charge is 2.30. The van der Waals surface area contributed by atoms with Crippen LogP contribution in [0.4, 0.5) is 13.2 Å². The second-order valence-corrected chi connectivity index (χ2v) is 3.71. The zero-order valence-electron chi connectivity index (χ0n) is 9.65. The lowest BCUT2D eigenvalue weighted by molar-refractivity contribution is -0.137. The molecule has 1 aromatic rings. The van der Waals surface area contributed by atoms with E-state index in [2.05, 4.69) is 4.79 Å². The monoisotopic (exact) mass is 270 g/mol. The zero-order chi connectivity index (χ0) is 14.5. The van der Waals surface area contributed by atoms with Crippen molar-refractivity contribution < 1.29 is 27.6 Å². The van der Waals surface area contributed by atoms with E-state index >= 15 is 0 Å². The van der Waals surface area contributed by atoms with Crippen LogP contribution in [0, 0.1) is 0 Å². The third kappa shape index (κ3) is 4.48. The van der Waals surface area contributed by atoms with E-state index in [0.29, 0.717) is 6.21 Å². The number of rotatable bonds is 5. The van der Waals surface area contributed by atoms with Gasteiger partial charge in [0.05, 0.1) is 5.56 Å². The first-order valence-electron chi connectivity index (χ1n) is 5.25. The lowest BCUT2D eigenvalue weighted by Gasteiger charge is -2.06. The predicted octanol–water partition coefficient (Wildman–Crippen LogP) is 2.54. The summed E-state index contributed by atoms with van der Waals surface area (Å²) >= 11 is 0. The van der Waals surface area contributed by atoms with E-state index < -0.39 is 23.3 Å². The maximum absolute atomic E-state index is 12.3. The van der Waals surface area contributed by atoms with Crippen molar-refractivity contribution in [2.24, 2.45) is 0 Å². The highest BCUT2D eigenvalue weighted by atomic mass is 19.4. The van der Waals surface area contributed by atoms with Gasteiger partial charge in [-0.1, -0.05) is 12.1 Å². The molecule has 0 fully saturated rings. The molecule has 0 bridgehead atoms. The van der Waals surface area contributed by atoms with Crippen molar-refractivity contribution >= 4 is 17.8 Å². The van der Waals surface area contributed by atoms with Crippen LogP contribution in [0.3, 0.4) is 0 Å². The number of carbonyl (C=O) groups excluding carboxylic acids is 2. The summed E-state index contributed by atoms with van der Waals surface area (Å²) in [7, 11) is 0. The van der Waals surface area contributed by atoms with Gasteiger partial charge in [0.2, 0.25) is 5.78 Å². The summed E-state index contributed by atoms with van der Waals surface area (Å²) < 4.78 is 36.9. The largest absolute Gasteiger partial charge is 0.416 e. The van der Waals surface area contributed by atoms with Crippen molar-refractivity contribution in [2.45, 2.75) is 19.0 Å². The van der Waals surface area contributed by atoms with Crippen LogP contribution in [-0.4, -0.2) is 22.6 Å². The number of hydrogen-bond acceptors (Lipinski definition) is 2. The van der Waals surface area contributed by atoms with Crippen molar-refractivity contribution in [3.8, 4) is 0 Å². The molecule has 19 heavy (non-hydrogen) atoms. The van der Waals surface area contributed by atoms with Gasteiger partial charge in [-0.25, -0.2) is 0 Å². The summed E-state index contributed by atoms with van der Waals surface area (Å²) in [6.45, 7) is 0. The molecule has 0 saturated heterocycles. The smallest absolute Gasteiger partial charge is 0.361 e. The SMILES string of the molecule is [N-]=[N+]=CC(=O)CCC(=O)c1ccc(C(F)(F)F)cc1. The lowest BCUT2D eigenvalue weighted by Crippen LogP contribution is -2.08. The molecule has 0 atom stereocenters. The second kappa shape index (κ2) is 6.06. The number of carbonyl (C=O) groups is 2.